The Morgan fingerprint density at radius 3 is 1.71 bits per heavy atom. The first-order valence-corrected chi connectivity index (χ1v) is 7.18. The Kier molecular flexibility index (Phi) is 10.9. The van der Waals surface area contributed by atoms with Gasteiger partial charge in [-0.1, -0.05) is 45.4 Å². The second kappa shape index (κ2) is 11.0. The Morgan fingerprint density at radius 2 is 1.24 bits per heavy atom. The van der Waals surface area contributed by atoms with E-state index in [-0.39, 0.29) is 0 Å². The van der Waals surface area contributed by atoms with Crippen molar-refractivity contribution >= 4 is 0 Å². The molecule has 0 atom stereocenters. The van der Waals surface area contributed by atoms with Gasteiger partial charge in [-0.2, -0.15) is 0 Å². The summed E-state index contributed by atoms with van der Waals surface area (Å²) in [7, 11) is 0. The van der Waals surface area contributed by atoms with Gasteiger partial charge in [-0.25, -0.2) is 0 Å². The molecule has 0 fully saturated rings. The van der Waals surface area contributed by atoms with Crippen molar-refractivity contribution in [1.82, 2.24) is 0 Å². The van der Waals surface area contributed by atoms with Gasteiger partial charge in [0.2, 0.25) is 0 Å². The summed E-state index contributed by atoms with van der Waals surface area (Å²) in [5.41, 5.74) is 0. The largest absolute Gasteiger partial charge is 0.343 e. The molecule has 3 heteroatoms. The summed E-state index contributed by atoms with van der Waals surface area (Å²) in [6.07, 6.45) is 9.18. The van der Waals surface area contributed by atoms with Crippen LogP contribution in [0.25, 0.3) is 0 Å². The van der Waals surface area contributed by atoms with Crippen LogP contribution in [0.5, 0.6) is 0 Å². The first-order valence-electron chi connectivity index (χ1n) is 7.18. The highest BCUT2D eigenvalue weighted by atomic mass is 16.8. The smallest absolute Gasteiger partial charge is 0.280 e. The number of aliphatic hydroxyl groups is 1. The Labute approximate surface area is 107 Å². The number of rotatable bonds is 12. The van der Waals surface area contributed by atoms with Gasteiger partial charge in [0, 0.05) is 19.6 Å². The Hall–Kier alpha value is -0.120. The van der Waals surface area contributed by atoms with E-state index in [2.05, 4.69) is 6.92 Å². The van der Waals surface area contributed by atoms with E-state index in [1.807, 2.05) is 13.8 Å². The average Bonchev–Trinajstić information content (AvgIpc) is 2.28. The predicted octanol–water partition coefficient (Wildman–Crippen LogP) is 3.85. The van der Waals surface area contributed by atoms with Gasteiger partial charge >= 0.3 is 0 Å². The van der Waals surface area contributed by atoms with Crippen molar-refractivity contribution in [2.24, 2.45) is 0 Å². The van der Waals surface area contributed by atoms with Crippen LogP contribution in [0, 0.1) is 0 Å². The summed E-state index contributed by atoms with van der Waals surface area (Å²) < 4.78 is 10.5. The lowest BCUT2D eigenvalue weighted by molar-refractivity contribution is -0.360. The third-order valence-corrected chi connectivity index (χ3v) is 2.84. The lowest BCUT2D eigenvalue weighted by Gasteiger charge is -2.26. The fourth-order valence-electron chi connectivity index (χ4n) is 1.94. The van der Waals surface area contributed by atoms with Crippen molar-refractivity contribution in [1.29, 1.82) is 0 Å². The van der Waals surface area contributed by atoms with E-state index in [4.69, 9.17) is 9.47 Å². The molecule has 1 N–H and O–H groups in total. The van der Waals surface area contributed by atoms with E-state index in [1.54, 1.807) is 0 Å². The van der Waals surface area contributed by atoms with Crippen molar-refractivity contribution in [3.05, 3.63) is 0 Å². The zero-order valence-electron chi connectivity index (χ0n) is 11.8. The minimum atomic E-state index is -1.35. The molecular formula is C14H30O3. The van der Waals surface area contributed by atoms with Crippen molar-refractivity contribution in [2.75, 3.05) is 13.2 Å². The third kappa shape index (κ3) is 9.57. The first kappa shape index (κ1) is 16.9. The van der Waals surface area contributed by atoms with E-state index in [0.717, 1.165) is 12.8 Å². The molecule has 0 aromatic heterocycles. The fourth-order valence-corrected chi connectivity index (χ4v) is 1.94. The van der Waals surface area contributed by atoms with E-state index in [1.165, 1.54) is 32.1 Å². The highest BCUT2D eigenvalue weighted by molar-refractivity contribution is 4.56. The van der Waals surface area contributed by atoms with Gasteiger partial charge in [-0.3, -0.25) is 0 Å². The van der Waals surface area contributed by atoms with E-state index in [9.17, 15) is 5.11 Å². The molecule has 0 heterocycles. The summed E-state index contributed by atoms with van der Waals surface area (Å²) >= 11 is 0. The Balaban J connectivity index is 3.54. The lowest BCUT2D eigenvalue weighted by Crippen LogP contribution is -2.35. The summed E-state index contributed by atoms with van der Waals surface area (Å²) in [6, 6.07) is 0. The molecule has 0 unspecified atom stereocenters. The summed E-state index contributed by atoms with van der Waals surface area (Å²) in [6.45, 7) is 6.92. The predicted molar refractivity (Wildman–Crippen MR) is 70.8 cm³/mol. The third-order valence-electron chi connectivity index (χ3n) is 2.84. The monoisotopic (exact) mass is 246 g/mol. The SMILES string of the molecule is CCCCCCCCCC(O)(OCC)OCC. The molecule has 0 spiro atoms. The molecule has 0 bridgehead atoms. The summed E-state index contributed by atoms with van der Waals surface area (Å²) in [5.74, 6) is -1.35. The second-order valence-electron chi connectivity index (χ2n) is 4.45. The highest BCUT2D eigenvalue weighted by Gasteiger charge is 2.26. The second-order valence-corrected chi connectivity index (χ2v) is 4.45. The van der Waals surface area contributed by atoms with Gasteiger partial charge in [0.1, 0.15) is 0 Å². The van der Waals surface area contributed by atoms with Crippen LogP contribution < -0.4 is 0 Å². The molecule has 0 aliphatic rings. The lowest BCUT2D eigenvalue weighted by atomic mass is 10.1. The molecule has 0 saturated carbocycles. The van der Waals surface area contributed by atoms with Gasteiger partial charge in [0.05, 0.1) is 0 Å². The van der Waals surface area contributed by atoms with Crippen molar-refractivity contribution < 1.29 is 14.6 Å². The van der Waals surface area contributed by atoms with Gasteiger partial charge in [0.25, 0.3) is 5.97 Å². The molecule has 0 saturated heterocycles. The van der Waals surface area contributed by atoms with E-state index in [0.29, 0.717) is 19.6 Å². The van der Waals surface area contributed by atoms with Crippen molar-refractivity contribution in [3.8, 4) is 0 Å². The standard InChI is InChI=1S/C14H30O3/c1-4-7-8-9-10-11-12-13-14(15,16-5-2)17-6-3/h15H,4-13H2,1-3H3. The molecule has 3 nitrogen and oxygen atoms in total. The maximum Gasteiger partial charge on any atom is 0.280 e. The number of ether oxygens (including phenoxy) is 2. The Morgan fingerprint density at radius 1 is 0.765 bits per heavy atom. The van der Waals surface area contributed by atoms with Crippen LogP contribution in [-0.4, -0.2) is 24.3 Å². The number of hydrogen-bond donors (Lipinski definition) is 1. The molecule has 0 amide bonds. The summed E-state index contributed by atoms with van der Waals surface area (Å²) in [5, 5.41) is 10.0. The van der Waals surface area contributed by atoms with Crippen LogP contribution in [-0.2, 0) is 9.47 Å². The molecule has 104 valence electrons. The quantitative estimate of drug-likeness (QED) is 0.420. The van der Waals surface area contributed by atoms with Crippen LogP contribution >= 0.6 is 0 Å². The van der Waals surface area contributed by atoms with Crippen molar-refractivity contribution in [3.63, 3.8) is 0 Å². The molecule has 0 aromatic rings. The van der Waals surface area contributed by atoms with E-state index < -0.39 is 5.97 Å². The van der Waals surface area contributed by atoms with Crippen LogP contribution in [0.2, 0.25) is 0 Å². The van der Waals surface area contributed by atoms with Gasteiger partial charge in [0.15, 0.2) is 0 Å². The maximum atomic E-state index is 10.0. The summed E-state index contributed by atoms with van der Waals surface area (Å²) in [4.78, 5) is 0. The van der Waals surface area contributed by atoms with Crippen LogP contribution in [0.15, 0.2) is 0 Å². The van der Waals surface area contributed by atoms with Crippen LogP contribution in [0.1, 0.15) is 72.1 Å². The van der Waals surface area contributed by atoms with Gasteiger partial charge in [-0.15, -0.1) is 0 Å². The molecule has 17 heavy (non-hydrogen) atoms. The zero-order chi connectivity index (χ0) is 13.0. The normalized spacial score (nSPS) is 12.0. The molecule has 0 rings (SSSR count). The fraction of sp³-hybridized carbons (Fsp3) is 1.00. The number of unbranched alkanes of at least 4 members (excludes halogenated alkanes) is 6. The van der Waals surface area contributed by atoms with Crippen LogP contribution in [0.3, 0.4) is 0 Å². The maximum absolute atomic E-state index is 10.0. The molecule has 0 radical (unpaired) electrons. The molecule has 0 aliphatic carbocycles. The van der Waals surface area contributed by atoms with E-state index >= 15 is 0 Å². The van der Waals surface area contributed by atoms with Crippen LogP contribution in [0.4, 0.5) is 0 Å². The molecule has 0 aliphatic heterocycles. The zero-order valence-corrected chi connectivity index (χ0v) is 11.8. The molecular weight excluding hydrogens is 216 g/mol. The van der Waals surface area contributed by atoms with Gasteiger partial charge in [-0.05, 0) is 20.3 Å². The average molecular weight is 246 g/mol. The topological polar surface area (TPSA) is 38.7 Å². The number of hydrogen-bond acceptors (Lipinski definition) is 3. The minimum absolute atomic E-state index is 0.479. The first-order chi connectivity index (χ1) is 8.18. The minimum Gasteiger partial charge on any atom is -0.343 e. The van der Waals surface area contributed by atoms with Gasteiger partial charge < -0.3 is 14.6 Å². The Bertz CT molecular complexity index is 154. The molecule has 0 aromatic carbocycles. The van der Waals surface area contributed by atoms with Crippen molar-refractivity contribution in [2.45, 2.75) is 78.1 Å². The highest BCUT2D eigenvalue weighted by Crippen LogP contribution is 2.19.